The molecule has 0 bridgehead atoms. The first-order valence-electron chi connectivity index (χ1n) is 9.19. The lowest BCUT2D eigenvalue weighted by Gasteiger charge is -2.24. The van der Waals surface area contributed by atoms with Gasteiger partial charge in [-0.05, 0) is 44.2 Å². The molecule has 0 atom stereocenters. The molecule has 3 aromatic rings. The SMILES string of the molecule is CC(C)N(C=O)c1cnc(-c2ccc(F)c(F)c2)nc1NCCc1ccccn1. The molecule has 8 heteroatoms. The number of aromatic nitrogens is 3. The third kappa shape index (κ3) is 4.90. The van der Waals surface area contributed by atoms with E-state index in [1.54, 1.807) is 6.20 Å². The first kappa shape index (κ1) is 20.3. The molecule has 1 amide bonds. The van der Waals surface area contributed by atoms with Crippen molar-refractivity contribution < 1.29 is 13.6 Å². The van der Waals surface area contributed by atoms with Gasteiger partial charge in [-0.2, -0.15) is 0 Å². The third-order valence-corrected chi connectivity index (χ3v) is 4.30. The van der Waals surface area contributed by atoms with Gasteiger partial charge in [0.15, 0.2) is 23.3 Å². The molecule has 6 nitrogen and oxygen atoms in total. The summed E-state index contributed by atoms with van der Waals surface area (Å²) in [5.41, 5.74) is 1.75. The minimum Gasteiger partial charge on any atom is -0.368 e. The molecule has 0 unspecified atom stereocenters. The molecule has 150 valence electrons. The Morgan fingerprint density at radius 2 is 1.97 bits per heavy atom. The van der Waals surface area contributed by atoms with Crippen molar-refractivity contribution in [3.63, 3.8) is 0 Å². The number of halogens is 2. The van der Waals surface area contributed by atoms with E-state index in [2.05, 4.69) is 20.3 Å². The van der Waals surface area contributed by atoms with Gasteiger partial charge in [-0.15, -0.1) is 0 Å². The maximum absolute atomic E-state index is 13.6. The number of anilines is 2. The van der Waals surface area contributed by atoms with E-state index in [0.717, 1.165) is 17.8 Å². The molecular formula is C21H21F2N5O. The lowest BCUT2D eigenvalue weighted by Crippen LogP contribution is -2.30. The summed E-state index contributed by atoms with van der Waals surface area (Å²) in [4.78, 5) is 26.1. The fourth-order valence-electron chi connectivity index (χ4n) is 2.78. The van der Waals surface area contributed by atoms with E-state index < -0.39 is 11.6 Å². The summed E-state index contributed by atoms with van der Waals surface area (Å²) in [5, 5.41) is 3.21. The van der Waals surface area contributed by atoms with Crippen LogP contribution in [0.5, 0.6) is 0 Å². The first-order chi connectivity index (χ1) is 14.0. The molecular weight excluding hydrogens is 376 g/mol. The van der Waals surface area contributed by atoms with Crippen LogP contribution in [0.1, 0.15) is 19.5 Å². The number of hydrogen-bond donors (Lipinski definition) is 1. The Labute approximate surface area is 167 Å². The zero-order valence-corrected chi connectivity index (χ0v) is 16.1. The number of amides is 1. The highest BCUT2D eigenvalue weighted by molar-refractivity contribution is 5.82. The summed E-state index contributed by atoms with van der Waals surface area (Å²) < 4.78 is 26.9. The minimum atomic E-state index is -0.975. The molecule has 1 N–H and O–H groups in total. The number of rotatable bonds is 8. The van der Waals surface area contributed by atoms with Crippen molar-refractivity contribution in [2.45, 2.75) is 26.3 Å². The van der Waals surface area contributed by atoms with E-state index in [-0.39, 0.29) is 11.9 Å². The average Bonchev–Trinajstić information content (AvgIpc) is 2.72. The van der Waals surface area contributed by atoms with Gasteiger partial charge in [0, 0.05) is 36.5 Å². The molecule has 0 aliphatic carbocycles. The van der Waals surface area contributed by atoms with Crippen LogP contribution in [-0.4, -0.2) is 33.9 Å². The van der Waals surface area contributed by atoms with Gasteiger partial charge in [-0.3, -0.25) is 9.78 Å². The second-order valence-electron chi connectivity index (χ2n) is 6.66. The van der Waals surface area contributed by atoms with Crippen LogP contribution in [0.2, 0.25) is 0 Å². The molecule has 0 saturated heterocycles. The zero-order chi connectivity index (χ0) is 20.8. The Kier molecular flexibility index (Phi) is 6.43. The Morgan fingerprint density at radius 3 is 2.62 bits per heavy atom. The van der Waals surface area contributed by atoms with E-state index >= 15 is 0 Å². The predicted octanol–water partition coefficient (Wildman–Crippen LogP) is 3.84. The normalized spacial score (nSPS) is 10.8. The fraction of sp³-hybridized carbons (Fsp3) is 0.238. The Balaban J connectivity index is 1.91. The van der Waals surface area contributed by atoms with E-state index in [0.29, 0.717) is 36.4 Å². The van der Waals surface area contributed by atoms with E-state index in [1.807, 2.05) is 32.0 Å². The quantitative estimate of drug-likeness (QED) is 0.585. The van der Waals surface area contributed by atoms with Crippen molar-refractivity contribution in [1.82, 2.24) is 15.0 Å². The van der Waals surface area contributed by atoms with Crippen LogP contribution in [0.15, 0.2) is 48.8 Å². The third-order valence-electron chi connectivity index (χ3n) is 4.30. The average molecular weight is 397 g/mol. The molecule has 0 saturated carbocycles. The van der Waals surface area contributed by atoms with E-state index in [1.165, 1.54) is 17.2 Å². The van der Waals surface area contributed by atoms with Crippen LogP contribution in [0, 0.1) is 11.6 Å². The van der Waals surface area contributed by atoms with Gasteiger partial charge < -0.3 is 10.2 Å². The number of nitrogens with one attached hydrogen (secondary N) is 1. The van der Waals surface area contributed by atoms with E-state index in [9.17, 15) is 13.6 Å². The Bertz CT molecular complexity index is 982. The van der Waals surface area contributed by atoms with Crippen molar-refractivity contribution >= 4 is 17.9 Å². The highest BCUT2D eigenvalue weighted by atomic mass is 19.2. The van der Waals surface area contributed by atoms with Crippen LogP contribution < -0.4 is 10.2 Å². The largest absolute Gasteiger partial charge is 0.368 e. The van der Waals surface area contributed by atoms with Gasteiger partial charge in [-0.25, -0.2) is 18.7 Å². The summed E-state index contributed by atoms with van der Waals surface area (Å²) >= 11 is 0. The van der Waals surface area contributed by atoms with Gasteiger partial charge >= 0.3 is 0 Å². The van der Waals surface area contributed by atoms with Crippen molar-refractivity contribution in [2.24, 2.45) is 0 Å². The Hall–Kier alpha value is -3.42. The van der Waals surface area contributed by atoms with Crippen LogP contribution in [0.25, 0.3) is 11.4 Å². The fourth-order valence-corrected chi connectivity index (χ4v) is 2.78. The van der Waals surface area contributed by atoms with Crippen molar-refractivity contribution in [3.05, 3.63) is 66.1 Å². The number of hydrogen-bond acceptors (Lipinski definition) is 5. The van der Waals surface area contributed by atoms with Gasteiger partial charge in [0.05, 0.1) is 6.20 Å². The molecule has 0 spiro atoms. The molecule has 0 radical (unpaired) electrons. The van der Waals surface area contributed by atoms with Crippen LogP contribution in [0.4, 0.5) is 20.3 Å². The maximum Gasteiger partial charge on any atom is 0.214 e. The highest BCUT2D eigenvalue weighted by Gasteiger charge is 2.18. The summed E-state index contributed by atoms with van der Waals surface area (Å²) in [7, 11) is 0. The van der Waals surface area contributed by atoms with Crippen molar-refractivity contribution in [2.75, 3.05) is 16.8 Å². The number of pyridine rings is 1. The molecule has 0 aliphatic heterocycles. The summed E-state index contributed by atoms with van der Waals surface area (Å²) in [6, 6.07) is 9.04. The lowest BCUT2D eigenvalue weighted by molar-refractivity contribution is -0.107. The van der Waals surface area contributed by atoms with E-state index in [4.69, 9.17) is 0 Å². The highest BCUT2D eigenvalue weighted by Crippen LogP contribution is 2.27. The molecule has 1 aromatic carbocycles. The number of nitrogens with zero attached hydrogens (tertiary/aromatic N) is 4. The summed E-state index contributed by atoms with van der Waals surface area (Å²) in [5.74, 6) is -1.26. The molecule has 0 fully saturated rings. The molecule has 0 aliphatic rings. The topological polar surface area (TPSA) is 71.0 Å². The zero-order valence-electron chi connectivity index (χ0n) is 16.1. The van der Waals surface area contributed by atoms with Gasteiger partial charge in [-0.1, -0.05) is 6.07 Å². The molecule has 3 rings (SSSR count). The number of carbonyl (C=O) groups is 1. The lowest BCUT2D eigenvalue weighted by atomic mass is 10.2. The maximum atomic E-state index is 13.6. The molecule has 2 heterocycles. The predicted molar refractivity (Wildman–Crippen MR) is 107 cm³/mol. The van der Waals surface area contributed by atoms with Crippen molar-refractivity contribution in [3.8, 4) is 11.4 Å². The Morgan fingerprint density at radius 1 is 1.14 bits per heavy atom. The molecule has 29 heavy (non-hydrogen) atoms. The van der Waals surface area contributed by atoms with Crippen molar-refractivity contribution in [1.29, 1.82) is 0 Å². The molecule has 2 aromatic heterocycles. The summed E-state index contributed by atoms with van der Waals surface area (Å²) in [6.45, 7) is 4.26. The van der Waals surface area contributed by atoms with Crippen LogP contribution in [-0.2, 0) is 11.2 Å². The van der Waals surface area contributed by atoms with Crippen LogP contribution in [0.3, 0.4) is 0 Å². The number of benzene rings is 1. The monoisotopic (exact) mass is 397 g/mol. The van der Waals surface area contributed by atoms with Crippen LogP contribution >= 0.6 is 0 Å². The van der Waals surface area contributed by atoms with Gasteiger partial charge in [0.25, 0.3) is 0 Å². The first-order valence-corrected chi connectivity index (χ1v) is 9.19. The second kappa shape index (κ2) is 9.18. The second-order valence-corrected chi connectivity index (χ2v) is 6.66. The standard InChI is InChI=1S/C21H21F2N5O/c1-14(2)28(13-29)19-12-26-20(15-6-7-17(22)18(23)11-15)27-21(19)25-10-8-16-5-3-4-9-24-16/h3-7,9,11-14H,8,10H2,1-2H3,(H,25,26,27). The number of carbonyl (C=O) groups excluding carboxylic acids is 1. The van der Waals surface area contributed by atoms with Gasteiger partial charge in [0.2, 0.25) is 6.41 Å². The summed E-state index contributed by atoms with van der Waals surface area (Å²) in [6.07, 6.45) is 4.58. The smallest absolute Gasteiger partial charge is 0.214 e. The van der Waals surface area contributed by atoms with Gasteiger partial charge in [0.1, 0.15) is 5.69 Å². The minimum absolute atomic E-state index is 0.110.